The molecule has 0 bridgehead atoms. The van der Waals surface area contributed by atoms with Crippen LogP contribution in [0.5, 0.6) is 5.75 Å². The van der Waals surface area contributed by atoms with Crippen LogP contribution in [0.4, 0.5) is 33.3 Å². The number of ether oxygens (including phenoxy) is 2. The first-order chi connectivity index (χ1) is 28.3. The maximum absolute atomic E-state index is 14.5. The maximum atomic E-state index is 14.5. The molecule has 4 aromatic rings. The summed E-state index contributed by atoms with van der Waals surface area (Å²) in [7, 11) is 1.64. The van der Waals surface area contributed by atoms with Gasteiger partial charge in [0, 0.05) is 49.8 Å². The number of anilines is 4. The van der Waals surface area contributed by atoms with Crippen LogP contribution in [0, 0.1) is 30.5 Å². The average Bonchev–Trinajstić information content (AvgIpc) is 3.68. The lowest BCUT2D eigenvalue weighted by molar-refractivity contribution is -0.121. The van der Waals surface area contributed by atoms with E-state index in [1.807, 2.05) is 58.2 Å². The van der Waals surface area contributed by atoms with Gasteiger partial charge in [-0.25, -0.2) is 9.38 Å². The van der Waals surface area contributed by atoms with Crippen molar-refractivity contribution in [2.24, 2.45) is 10.4 Å². The van der Waals surface area contributed by atoms with Crippen LogP contribution in [0.2, 0.25) is 5.28 Å². The van der Waals surface area contributed by atoms with E-state index in [1.165, 1.54) is 28.6 Å². The van der Waals surface area contributed by atoms with Gasteiger partial charge in [0.05, 0.1) is 30.6 Å². The summed E-state index contributed by atoms with van der Waals surface area (Å²) in [6, 6.07) is 8.80. The highest BCUT2D eigenvalue weighted by molar-refractivity contribution is 7.02. The first-order valence-corrected chi connectivity index (χ1v) is 21.2. The van der Waals surface area contributed by atoms with Gasteiger partial charge in [-0.15, -0.1) is 18.0 Å². The van der Waals surface area contributed by atoms with Gasteiger partial charge in [-0.3, -0.25) is 14.5 Å². The quantitative estimate of drug-likeness (QED) is 0.114. The number of terminal acetylenes is 1. The third-order valence-electron chi connectivity index (χ3n) is 9.04. The number of benzene rings is 2. The summed E-state index contributed by atoms with van der Waals surface area (Å²) in [4.78, 5) is 44.6. The minimum absolute atomic E-state index is 0.0223. The highest BCUT2D eigenvalue weighted by Crippen LogP contribution is 2.38. The number of hydrogen-bond donors (Lipinski definition) is 2. The Bertz CT molecular complexity index is 2250. The zero-order valence-electron chi connectivity index (χ0n) is 36.0. The number of para-hydroxylation sites is 1. The lowest BCUT2D eigenvalue weighted by atomic mass is 9.92. The number of aromatic nitrogens is 5. The van der Waals surface area contributed by atoms with E-state index in [-0.39, 0.29) is 58.8 Å². The zero-order valence-corrected chi connectivity index (χ0v) is 38.3. The van der Waals surface area contributed by atoms with E-state index in [2.05, 4.69) is 67.7 Å². The van der Waals surface area contributed by atoms with E-state index in [9.17, 15) is 14.0 Å². The fourth-order valence-corrected chi connectivity index (χ4v) is 7.59. The molecule has 60 heavy (non-hydrogen) atoms. The third-order valence-corrected chi connectivity index (χ3v) is 10.2. The molecule has 0 spiro atoms. The molecule has 1 unspecified atom stereocenters. The van der Waals surface area contributed by atoms with Gasteiger partial charge in [-0.1, -0.05) is 44.9 Å². The second kappa shape index (κ2) is 21.1. The molecular weight excluding hydrogens is 830 g/mol. The number of halogens is 3. The van der Waals surface area contributed by atoms with Crippen LogP contribution in [-0.4, -0.2) is 86.6 Å². The molecule has 324 valence electrons. The van der Waals surface area contributed by atoms with Crippen molar-refractivity contribution in [3.8, 4) is 18.1 Å². The minimum Gasteiger partial charge on any atom is -0.481 e. The Morgan fingerprint density at radius 3 is 2.57 bits per heavy atom. The molecule has 2 aliphatic rings. The number of rotatable bonds is 11. The van der Waals surface area contributed by atoms with Crippen LogP contribution in [0.3, 0.4) is 0 Å². The second-order valence-corrected chi connectivity index (χ2v) is 17.3. The van der Waals surface area contributed by atoms with E-state index in [4.69, 9.17) is 39.1 Å². The van der Waals surface area contributed by atoms with Crippen LogP contribution < -0.4 is 30.0 Å². The minimum atomic E-state index is -0.515. The predicted molar refractivity (Wildman–Crippen MR) is 238 cm³/mol. The van der Waals surface area contributed by atoms with Crippen LogP contribution in [0.25, 0.3) is 0 Å². The SMILES string of the molecule is C#CCN1C(=O)COc2cc(F)c(/N=c3\snc4n3CC(C)(C)C4)cc21.CCNc1nc(Cl)nc(NC(C)(C)C)n1.CCc1cccc(C)c1N(C(=O)CCl)C(C)COC. The molecule has 0 aliphatic carbocycles. The van der Waals surface area contributed by atoms with E-state index in [0.717, 1.165) is 48.6 Å². The van der Waals surface area contributed by atoms with Crippen LogP contribution in [-0.2, 0) is 33.7 Å². The van der Waals surface area contributed by atoms with E-state index < -0.39 is 5.82 Å². The smallest absolute Gasteiger partial charge is 0.265 e. The number of alkyl halides is 1. The Balaban J connectivity index is 0.000000208. The molecule has 0 radical (unpaired) electrons. The highest BCUT2D eigenvalue weighted by atomic mass is 35.5. The molecule has 2 aromatic carbocycles. The summed E-state index contributed by atoms with van der Waals surface area (Å²) in [5.74, 6) is 3.79. The van der Waals surface area contributed by atoms with Crippen molar-refractivity contribution in [1.82, 2.24) is 23.9 Å². The van der Waals surface area contributed by atoms with Gasteiger partial charge in [0.15, 0.2) is 12.4 Å². The molecule has 2 aliphatic heterocycles. The number of carbonyl (C=O) groups is 2. The topological polar surface area (TPSA) is 152 Å². The van der Waals surface area contributed by atoms with Crippen molar-refractivity contribution in [1.29, 1.82) is 0 Å². The zero-order chi connectivity index (χ0) is 44.4. The molecule has 0 saturated carbocycles. The third kappa shape index (κ3) is 12.6. The van der Waals surface area contributed by atoms with Gasteiger partial charge in [-0.2, -0.15) is 19.3 Å². The van der Waals surface area contributed by atoms with Crippen molar-refractivity contribution >= 4 is 75.5 Å². The van der Waals surface area contributed by atoms with Crippen molar-refractivity contribution in [3.05, 3.63) is 63.2 Å². The molecule has 4 heterocycles. The number of amides is 2. The molecule has 2 aromatic heterocycles. The summed E-state index contributed by atoms with van der Waals surface area (Å²) in [5.41, 5.74) is 3.79. The summed E-state index contributed by atoms with van der Waals surface area (Å²) in [5, 5.41) is 6.31. The predicted octanol–water partition coefficient (Wildman–Crippen LogP) is 7.59. The van der Waals surface area contributed by atoms with Crippen molar-refractivity contribution in [2.45, 2.75) is 93.3 Å². The first-order valence-electron chi connectivity index (χ1n) is 19.5. The molecule has 0 fully saturated rings. The fourth-order valence-electron chi connectivity index (χ4n) is 6.55. The molecule has 2 amide bonds. The Morgan fingerprint density at radius 2 is 1.93 bits per heavy atom. The Morgan fingerprint density at radius 1 is 1.22 bits per heavy atom. The van der Waals surface area contributed by atoms with Crippen LogP contribution in [0.1, 0.15) is 72.3 Å². The Hall–Kier alpha value is -4.82. The first kappa shape index (κ1) is 47.9. The lowest BCUT2D eigenvalue weighted by Gasteiger charge is -2.31. The largest absolute Gasteiger partial charge is 0.481 e. The Labute approximate surface area is 366 Å². The van der Waals surface area contributed by atoms with Crippen molar-refractivity contribution < 1.29 is 23.5 Å². The van der Waals surface area contributed by atoms with Gasteiger partial charge in [-0.05, 0) is 82.2 Å². The monoisotopic (exact) mass is 884 g/mol. The second-order valence-electron chi connectivity index (χ2n) is 16.0. The van der Waals surface area contributed by atoms with Crippen LogP contribution in [0.15, 0.2) is 35.3 Å². The number of nitrogens with one attached hydrogen (secondary N) is 2. The van der Waals surface area contributed by atoms with E-state index >= 15 is 0 Å². The summed E-state index contributed by atoms with van der Waals surface area (Å²) >= 11 is 12.8. The molecule has 14 nitrogen and oxygen atoms in total. The number of aryl methyl sites for hydroxylation is 2. The van der Waals surface area contributed by atoms with Gasteiger partial charge in [0.1, 0.15) is 23.1 Å². The molecule has 6 rings (SSSR count). The number of fused-ring (bicyclic) bond motifs is 2. The van der Waals surface area contributed by atoms with Gasteiger partial charge >= 0.3 is 0 Å². The van der Waals surface area contributed by atoms with Crippen molar-refractivity contribution in [2.75, 3.05) is 59.7 Å². The standard InChI is InChI=1S/C18H17FN4O2S.C15H22ClNO2.C9H16ClN5/c1-4-5-22-13-7-12(11(19)6-14(13)25-9-16(22)24)20-17-23-10-18(2,3)8-15(23)21-26-17;1-5-13-8-6-7-11(2)15(13)17(14(18)9-16)12(3)10-19-4;1-5-11-7-12-6(10)13-8(14-7)15-9(2,3)4/h1,6-7H,5,8-10H2,2-3H3;6-8,12H,5,9-10H2,1-4H3;5H2,1-4H3,(H2,11,12,13,14,15)/b20-17-;;. The van der Waals surface area contributed by atoms with Gasteiger partial charge in [0.25, 0.3) is 5.91 Å². The molecule has 18 heteroatoms. The van der Waals surface area contributed by atoms with Gasteiger partial charge < -0.3 is 29.6 Å². The molecule has 1 atom stereocenters. The highest BCUT2D eigenvalue weighted by Gasteiger charge is 2.31. The van der Waals surface area contributed by atoms with Crippen molar-refractivity contribution in [3.63, 3.8) is 0 Å². The van der Waals surface area contributed by atoms with E-state index in [0.29, 0.717) is 34.7 Å². The number of carbonyl (C=O) groups excluding carboxylic acids is 2. The number of nitrogens with zero attached hydrogens (tertiary/aromatic N) is 8. The normalized spacial score (nSPS) is 14.6. The summed E-state index contributed by atoms with van der Waals surface area (Å²) in [6.07, 6.45) is 7.09. The maximum Gasteiger partial charge on any atom is 0.265 e. The fraction of sp³-hybridized carbons (Fsp3) is 0.500. The summed E-state index contributed by atoms with van der Waals surface area (Å²) < 4.78 is 31.5. The Kier molecular flexibility index (Phi) is 16.8. The van der Waals surface area contributed by atoms with Crippen LogP contribution >= 0.6 is 34.7 Å². The number of hydrogen-bond acceptors (Lipinski definition) is 12. The number of methoxy groups -OCH3 is 1. The molecular formula is C42H55Cl2FN10O4S. The molecule has 0 saturated heterocycles. The lowest BCUT2D eigenvalue weighted by Crippen LogP contribution is -2.43. The van der Waals surface area contributed by atoms with E-state index in [1.54, 1.807) is 12.0 Å². The average molecular weight is 886 g/mol. The molecule has 2 N–H and O–H groups in total. The van der Waals surface area contributed by atoms with Gasteiger partial charge in [0.2, 0.25) is 27.9 Å². The summed E-state index contributed by atoms with van der Waals surface area (Å²) in [6.45, 7) is 20.4.